The molecule has 0 bridgehead atoms. The largest absolute Gasteiger partial charge is 0.481 e. The summed E-state index contributed by atoms with van der Waals surface area (Å²) in [6.45, 7) is 0. The third kappa shape index (κ3) is 7.64. The lowest BCUT2D eigenvalue weighted by Crippen LogP contribution is -2.36. The molecule has 0 aromatic heterocycles. The second-order valence-corrected chi connectivity index (χ2v) is 2.33. The maximum Gasteiger partial charge on any atom is 0.333 e. The molecule has 0 aliphatic rings. The Morgan fingerprint density at radius 2 is 1.25 bits per heavy atom. The first-order valence-corrected chi connectivity index (χ1v) is 3.21. The van der Waals surface area contributed by atoms with E-state index >= 15 is 0 Å². The van der Waals surface area contributed by atoms with E-state index in [-0.39, 0.29) is 16.4 Å². The van der Waals surface area contributed by atoms with Crippen LogP contribution in [-0.4, -0.2) is 60.9 Å². The molecular weight excluding hydrogens is 232 g/mol. The van der Waals surface area contributed by atoms with Gasteiger partial charge in [-0.15, -0.1) is 0 Å². The fourth-order valence-corrected chi connectivity index (χ4v) is 0.694. The zero-order valence-corrected chi connectivity index (χ0v) is 7.88. The van der Waals surface area contributed by atoms with Crippen LogP contribution in [0.1, 0.15) is 6.42 Å². The first-order valence-electron chi connectivity index (χ1n) is 3.21. The molecule has 0 fully saturated rings. The van der Waals surface area contributed by atoms with Crippen LogP contribution in [0.15, 0.2) is 0 Å². The van der Waals surface area contributed by atoms with Crippen LogP contribution in [0, 0.1) is 5.92 Å². The molecule has 0 aromatic rings. The summed E-state index contributed by atoms with van der Waals surface area (Å²) in [5.74, 6) is -6.71. The van der Waals surface area contributed by atoms with Crippen molar-refractivity contribution < 1.29 is 51.2 Å². The van der Waals surface area contributed by atoms with E-state index in [0.717, 1.165) is 0 Å². The molecule has 0 aliphatic heterocycles. The fourth-order valence-electron chi connectivity index (χ4n) is 0.694. The van der Waals surface area contributed by atoms with Gasteiger partial charge in [0.2, 0.25) is 0 Å². The maximum atomic E-state index is 10.3. The lowest BCUT2D eigenvalue weighted by Gasteiger charge is -2.12. The Hall–Kier alpha value is -1.75. The van der Waals surface area contributed by atoms with Gasteiger partial charge in [-0.2, -0.15) is 0 Å². The van der Waals surface area contributed by atoms with Gasteiger partial charge in [0.15, 0.2) is 6.10 Å². The van der Waals surface area contributed by atoms with Crippen LogP contribution in [0.2, 0.25) is 0 Å². The molecule has 10 N–H and O–H groups in total. The Labute approximate surface area is 88.7 Å². The number of aliphatic hydroxyl groups is 1. The zero-order valence-electron chi connectivity index (χ0n) is 7.88. The molecule has 0 rings (SSSR count). The van der Waals surface area contributed by atoms with Crippen LogP contribution in [0.4, 0.5) is 0 Å². The summed E-state index contributed by atoms with van der Waals surface area (Å²) in [6.07, 6.45) is -3.13. The van der Waals surface area contributed by atoms with Gasteiger partial charge in [0.05, 0.1) is 6.42 Å². The van der Waals surface area contributed by atoms with Crippen LogP contribution in [0.3, 0.4) is 0 Å². The minimum atomic E-state index is -2.20. The molecule has 98 valence electrons. The quantitative estimate of drug-likeness (QED) is 0.376. The van der Waals surface area contributed by atoms with E-state index in [2.05, 4.69) is 0 Å². The van der Waals surface area contributed by atoms with Crippen LogP contribution < -0.4 is 0 Å². The van der Waals surface area contributed by atoms with Gasteiger partial charge >= 0.3 is 17.9 Å². The minimum Gasteiger partial charge on any atom is -0.481 e. The highest BCUT2D eigenvalue weighted by molar-refractivity contribution is 5.85. The van der Waals surface area contributed by atoms with Crippen LogP contribution in [0.25, 0.3) is 0 Å². The molecule has 0 aliphatic carbocycles. The van der Waals surface area contributed by atoms with Gasteiger partial charge in [-0.3, -0.25) is 9.59 Å². The number of hydrogen-bond donors (Lipinski definition) is 4. The summed E-state index contributed by atoms with van der Waals surface area (Å²) in [4.78, 5) is 30.5. The molecule has 0 aromatic carbocycles. The molecule has 2 unspecified atom stereocenters. The Bertz CT molecular complexity index is 235. The highest BCUT2D eigenvalue weighted by Crippen LogP contribution is 2.09. The summed E-state index contributed by atoms with van der Waals surface area (Å²) < 4.78 is 0. The second-order valence-electron chi connectivity index (χ2n) is 2.33. The Balaban J connectivity index is -0.000000240. The predicted molar refractivity (Wildman–Crippen MR) is 47.9 cm³/mol. The van der Waals surface area contributed by atoms with Gasteiger partial charge in [0.1, 0.15) is 5.92 Å². The molecule has 0 saturated carbocycles. The number of hydrogen-bond acceptors (Lipinski definition) is 4. The van der Waals surface area contributed by atoms with E-state index in [9.17, 15) is 14.4 Å². The lowest BCUT2D eigenvalue weighted by molar-refractivity contribution is -0.162. The van der Waals surface area contributed by atoms with Crippen molar-refractivity contribution in [2.24, 2.45) is 5.92 Å². The highest BCUT2D eigenvalue weighted by Gasteiger charge is 2.33. The SMILES string of the molecule is O.O.O.O=C(O)CC(C(=O)O)C(O)C(=O)O. The van der Waals surface area contributed by atoms with E-state index in [1.807, 2.05) is 0 Å². The molecule has 0 amide bonds. The molecule has 10 nitrogen and oxygen atoms in total. The van der Waals surface area contributed by atoms with Gasteiger partial charge in [0.25, 0.3) is 0 Å². The van der Waals surface area contributed by atoms with Gasteiger partial charge in [0, 0.05) is 0 Å². The van der Waals surface area contributed by atoms with Crippen LogP contribution in [0.5, 0.6) is 0 Å². The van der Waals surface area contributed by atoms with E-state index in [0.29, 0.717) is 0 Å². The molecule has 0 spiro atoms. The van der Waals surface area contributed by atoms with E-state index in [1.54, 1.807) is 0 Å². The number of rotatable bonds is 5. The third-order valence-electron chi connectivity index (χ3n) is 1.35. The number of carbonyl (C=O) groups is 3. The molecule has 0 radical (unpaired) electrons. The standard InChI is InChI=1S/C6H8O7.3H2O/c7-3(8)1-2(5(10)11)4(9)6(12)13;;;/h2,4,9H,1H2,(H,7,8)(H,10,11)(H,12,13);3*1H2. The van der Waals surface area contributed by atoms with Crippen molar-refractivity contribution >= 4 is 17.9 Å². The molecule has 10 heteroatoms. The van der Waals surface area contributed by atoms with Crippen LogP contribution in [-0.2, 0) is 14.4 Å². The molecule has 0 saturated heterocycles. The smallest absolute Gasteiger partial charge is 0.333 e. The number of carboxylic acid groups (broad SMARTS) is 3. The van der Waals surface area contributed by atoms with Gasteiger partial charge in [-0.25, -0.2) is 4.79 Å². The predicted octanol–water partition coefficient (Wildman–Crippen LogP) is -3.87. The fraction of sp³-hybridized carbons (Fsp3) is 0.500. The van der Waals surface area contributed by atoms with Crippen molar-refractivity contribution in [2.45, 2.75) is 12.5 Å². The first-order chi connectivity index (χ1) is 5.86. The minimum absolute atomic E-state index is 0. The Kier molecular flexibility index (Phi) is 14.6. The maximum absolute atomic E-state index is 10.3. The molecular formula is C6H14O10. The lowest BCUT2D eigenvalue weighted by atomic mass is 9.99. The van der Waals surface area contributed by atoms with Gasteiger partial charge in [-0.1, -0.05) is 0 Å². The first kappa shape index (κ1) is 23.8. The average Bonchev–Trinajstić information content (AvgIpc) is 1.97. The van der Waals surface area contributed by atoms with Crippen LogP contribution >= 0.6 is 0 Å². The normalized spacial score (nSPS) is 11.8. The molecule has 0 heterocycles. The summed E-state index contributed by atoms with van der Waals surface area (Å²) in [6, 6.07) is 0. The summed E-state index contributed by atoms with van der Waals surface area (Å²) >= 11 is 0. The number of aliphatic hydroxyl groups excluding tert-OH is 1. The van der Waals surface area contributed by atoms with Gasteiger partial charge in [-0.05, 0) is 0 Å². The molecule has 16 heavy (non-hydrogen) atoms. The number of aliphatic carboxylic acids is 3. The van der Waals surface area contributed by atoms with Crippen molar-refractivity contribution in [3.8, 4) is 0 Å². The van der Waals surface area contributed by atoms with Gasteiger partial charge < -0.3 is 36.9 Å². The second kappa shape index (κ2) is 9.79. The van der Waals surface area contributed by atoms with E-state index in [4.69, 9.17) is 20.4 Å². The Morgan fingerprint density at radius 3 is 1.44 bits per heavy atom. The summed E-state index contributed by atoms with van der Waals surface area (Å²) in [5, 5.41) is 33.5. The average molecular weight is 246 g/mol. The summed E-state index contributed by atoms with van der Waals surface area (Å²) in [7, 11) is 0. The van der Waals surface area contributed by atoms with E-state index in [1.165, 1.54) is 0 Å². The van der Waals surface area contributed by atoms with Crippen molar-refractivity contribution in [1.29, 1.82) is 0 Å². The zero-order chi connectivity index (χ0) is 10.6. The third-order valence-corrected chi connectivity index (χ3v) is 1.35. The van der Waals surface area contributed by atoms with Crippen molar-refractivity contribution in [2.75, 3.05) is 0 Å². The molecule has 2 atom stereocenters. The highest BCUT2D eigenvalue weighted by atomic mass is 16.4. The van der Waals surface area contributed by atoms with Crippen molar-refractivity contribution in [3.05, 3.63) is 0 Å². The van der Waals surface area contributed by atoms with E-state index < -0.39 is 36.4 Å². The monoisotopic (exact) mass is 246 g/mol. The van der Waals surface area contributed by atoms with Crippen molar-refractivity contribution in [3.63, 3.8) is 0 Å². The number of carboxylic acids is 3. The topological polar surface area (TPSA) is 227 Å². The van der Waals surface area contributed by atoms with Crippen molar-refractivity contribution in [1.82, 2.24) is 0 Å². The summed E-state index contributed by atoms with van der Waals surface area (Å²) in [5.41, 5.74) is 0. The Morgan fingerprint density at radius 1 is 0.875 bits per heavy atom.